The summed E-state index contributed by atoms with van der Waals surface area (Å²) in [7, 11) is 0. The summed E-state index contributed by atoms with van der Waals surface area (Å²) in [6.07, 6.45) is 5.11. The molecule has 7 nitrogen and oxygen atoms in total. The van der Waals surface area contributed by atoms with Gasteiger partial charge in [0, 0.05) is 24.4 Å². The number of amides is 2. The van der Waals surface area contributed by atoms with Crippen LogP contribution in [0.2, 0.25) is 0 Å². The highest BCUT2D eigenvalue weighted by molar-refractivity contribution is 6.03. The third-order valence-corrected chi connectivity index (χ3v) is 6.99. The number of rotatable bonds is 8. The van der Waals surface area contributed by atoms with Crippen molar-refractivity contribution in [1.29, 1.82) is 0 Å². The topological polar surface area (TPSA) is 113 Å². The Balaban J connectivity index is 0.000000532. The van der Waals surface area contributed by atoms with Crippen molar-refractivity contribution >= 4 is 23.5 Å². The van der Waals surface area contributed by atoms with Crippen LogP contribution >= 0.6 is 0 Å². The number of halogens is 3. The highest BCUT2D eigenvalue weighted by atomic mass is 19.4. The fourth-order valence-corrected chi connectivity index (χ4v) is 4.85. The predicted octanol–water partition coefficient (Wildman–Crippen LogP) is 4.40. The second-order valence-corrected chi connectivity index (χ2v) is 9.74. The molecule has 2 aromatic rings. The quantitative estimate of drug-likeness (QED) is 0.426. The second kappa shape index (κ2) is 13.9. The summed E-state index contributed by atoms with van der Waals surface area (Å²) in [5.74, 6) is -2.66. The molecule has 1 aliphatic heterocycles. The Labute approximate surface area is 225 Å². The number of carbonyl (C=O) groups excluding carboxylic acids is 2. The molecule has 1 heterocycles. The molecule has 0 unspecified atom stereocenters. The zero-order chi connectivity index (χ0) is 28.4. The first-order valence-corrected chi connectivity index (χ1v) is 13.0. The van der Waals surface area contributed by atoms with Crippen molar-refractivity contribution in [1.82, 2.24) is 5.32 Å². The lowest BCUT2D eigenvalue weighted by molar-refractivity contribution is -0.192. The van der Waals surface area contributed by atoms with Crippen LogP contribution in [0.5, 0.6) is 0 Å². The molecule has 1 saturated carbocycles. The number of aliphatic carboxylic acids is 1. The Hall–Kier alpha value is -3.66. The standard InChI is InChI=1S/C27H33N3O2.C2HF3O2/c28-26(22-11-4-5-12-22)27(32)29-23(15-14-20-8-2-1-3-9-20)16-17-25(31)30-19-18-21-10-6-7-13-24(21)30;3-2(4,5)1(6)7/h1-3,6-10,13,16-17,22-23,26H,4-5,11-12,14-15,18-19,28H2,(H,29,32);(H,6,7)/b17-16+;/t23-,26-;/m0./s1. The molecule has 210 valence electrons. The average molecular weight is 546 g/mol. The molecule has 0 radical (unpaired) electrons. The number of carboxylic acid groups (broad SMARTS) is 1. The Kier molecular flexibility index (Phi) is 10.7. The minimum Gasteiger partial charge on any atom is -0.475 e. The van der Waals surface area contributed by atoms with Gasteiger partial charge in [-0.1, -0.05) is 67.4 Å². The maximum absolute atomic E-state index is 12.9. The summed E-state index contributed by atoms with van der Waals surface area (Å²) in [6, 6.07) is 17.5. The normalized spacial score (nSPS) is 16.8. The molecule has 0 saturated heterocycles. The largest absolute Gasteiger partial charge is 0.490 e. The van der Waals surface area contributed by atoms with E-state index >= 15 is 0 Å². The van der Waals surface area contributed by atoms with Gasteiger partial charge >= 0.3 is 12.1 Å². The summed E-state index contributed by atoms with van der Waals surface area (Å²) < 4.78 is 31.7. The van der Waals surface area contributed by atoms with Crippen LogP contribution in [0.25, 0.3) is 0 Å². The van der Waals surface area contributed by atoms with E-state index in [0.29, 0.717) is 13.0 Å². The molecule has 10 heteroatoms. The zero-order valence-corrected chi connectivity index (χ0v) is 21.6. The van der Waals surface area contributed by atoms with Crippen molar-refractivity contribution in [2.45, 2.75) is 63.2 Å². The van der Waals surface area contributed by atoms with Gasteiger partial charge < -0.3 is 21.1 Å². The Bertz CT molecular complexity index is 1150. The summed E-state index contributed by atoms with van der Waals surface area (Å²) in [5.41, 5.74) is 9.67. The first kappa shape index (κ1) is 29.9. The highest BCUT2D eigenvalue weighted by Crippen LogP contribution is 2.28. The molecule has 1 fully saturated rings. The number of benzene rings is 2. The fraction of sp³-hybridized carbons (Fsp3) is 0.414. The number of fused-ring (bicyclic) bond motifs is 1. The van der Waals surface area contributed by atoms with Crippen LogP contribution < -0.4 is 16.0 Å². The van der Waals surface area contributed by atoms with Gasteiger partial charge in [-0.15, -0.1) is 0 Å². The highest BCUT2D eigenvalue weighted by Gasteiger charge is 2.38. The number of carboxylic acids is 1. The van der Waals surface area contributed by atoms with Crippen LogP contribution in [0.3, 0.4) is 0 Å². The molecular formula is C29H34F3N3O4. The van der Waals surface area contributed by atoms with Gasteiger partial charge in [-0.2, -0.15) is 13.2 Å². The van der Waals surface area contributed by atoms with E-state index in [1.807, 2.05) is 47.4 Å². The molecule has 0 bridgehead atoms. The minimum atomic E-state index is -5.08. The van der Waals surface area contributed by atoms with Gasteiger partial charge in [0.1, 0.15) is 0 Å². The Morgan fingerprint density at radius 3 is 2.31 bits per heavy atom. The van der Waals surface area contributed by atoms with Crippen LogP contribution in [0.4, 0.5) is 18.9 Å². The monoisotopic (exact) mass is 545 g/mol. The van der Waals surface area contributed by atoms with Gasteiger partial charge in [0.2, 0.25) is 5.91 Å². The van der Waals surface area contributed by atoms with Crippen molar-refractivity contribution in [2.24, 2.45) is 11.7 Å². The molecule has 2 amide bonds. The number of nitrogens with two attached hydrogens (primary N) is 1. The molecule has 0 aromatic heterocycles. The summed E-state index contributed by atoms with van der Waals surface area (Å²) in [4.78, 5) is 36.5. The average Bonchev–Trinajstić information content (AvgIpc) is 3.60. The summed E-state index contributed by atoms with van der Waals surface area (Å²) >= 11 is 0. The van der Waals surface area contributed by atoms with E-state index < -0.39 is 18.2 Å². The van der Waals surface area contributed by atoms with Crippen LogP contribution in [0, 0.1) is 5.92 Å². The molecular weight excluding hydrogens is 511 g/mol. The van der Waals surface area contributed by atoms with Crippen molar-refractivity contribution in [3.63, 3.8) is 0 Å². The number of alkyl halides is 3. The van der Waals surface area contributed by atoms with E-state index in [1.54, 1.807) is 6.08 Å². The summed E-state index contributed by atoms with van der Waals surface area (Å²) in [5, 5.41) is 10.2. The Morgan fingerprint density at radius 1 is 1.05 bits per heavy atom. The van der Waals surface area contributed by atoms with Gasteiger partial charge in [-0.25, -0.2) is 4.79 Å². The van der Waals surface area contributed by atoms with E-state index in [1.165, 1.54) is 11.1 Å². The molecule has 2 aliphatic rings. The molecule has 0 spiro atoms. The lowest BCUT2D eigenvalue weighted by Crippen LogP contribution is -2.48. The van der Waals surface area contributed by atoms with Crippen LogP contribution in [-0.4, -0.2) is 47.7 Å². The lowest BCUT2D eigenvalue weighted by Gasteiger charge is -2.22. The molecule has 1 aliphatic carbocycles. The number of hydrogen-bond acceptors (Lipinski definition) is 4. The van der Waals surface area contributed by atoms with Crippen molar-refractivity contribution in [3.8, 4) is 0 Å². The number of carbonyl (C=O) groups is 3. The number of nitrogens with one attached hydrogen (secondary N) is 1. The fourth-order valence-electron chi connectivity index (χ4n) is 4.85. The van der Waals surface area contributed by atoms with E-state index in [9.17, 15) is 22.8 Å². The maximum atomic E-state index is 12.9. The van der Waals surface area contributed by atoms with E-state index in [-0.39, 0.29) is 23.8 Å². The Morgan fingerprint density at radius 2 is 1.67 bits per heavy atom. The number of anilines is 1. The van der Waals surface area contributed by atoms with Crippen molar-refractivity contribution in [3.05, 3.63) is 77.9 Å². The van der Waals surface area contributed by atoms with E-state index in [0.717, 1.165) is 44.2 Å². The number of nitrogens with zero attached hydrogens (tertiary/aromatic N) is 1. The summed E-state index contributed by atoms with van der Waals surface area (Å²) in [6.45, 7) is 0.691. The lowest BCUT2D eigenvalue weighted by atomic mass is 9.97. The van der Waals surface area contributed by atoms with E-state index in [4.69, 9.17) is 15.6 Å². The van der Waals surface area contributed by atoms with E-state index in [2.05, 4.69) is 23.5 Å². The van der Waals surface area contributed by atoms with Gasteiger partial charge in [-0.05, 0) is 55.2 Å². The van der Waals surface area contributed by atoms with Crippen LogP contribution in [0.15, 0.2) is 66.7 Å². The second-order valence-electron chi connectivity index (χ2n) is 9.74. The molecule has 2 aromatic carbocycles. The van der Waals surface area contributed by atoms with Gasteiger partial charge in [0.15, 0.2) is 0 Å². The third-order valence-electron chi connectivity index (χ3n) is 6.99. The maximum Gasteiger partial charge on any atom is 0.490 e. The molecule has 39 heavy (non-hydrogen) atoms. The molecule has 4 rings (SSSR count). The van der Waals surface area contributed by atoms with Crippen LogP contribution in [0.1, 0.15) is 43.2 Å². The van der Waals surface area contributed by atoms with Crippen molar-refractivity contribution in [2.75, 3.05) is 11.4 Å². The first-order valence-electron chi connectivity index (χ1n) is 13.0. The number of aryl methyl sites for hydroxylation is 1. The van der Waals surface area contributed by atoms with Gasteiger partial charge in [-0.3, -0.25) is 9.59 Å². The third kappa shape index (κ3) is 8.95. The van der Waals surface area contributed by atoms with Gasteiger partial charge in [0.05, 0.1) is 6.04 Å². The smallest absolute Gasteiger partial charge is 0.475 e. The predicted molar refractivity (Wildman–Crippen MR) is 142 cm³/mol. The number of para-hydroxylation sites is 1. The first-order chi connectivity index (χ1) is 18.6. The van der Waals surface area contributed by atoms with Gasteiger partial charge in [0.25, 0.3) is 5.91 Å². The SMILES string of the molecule is N[C@H](C(=O)N[C@H](/C=C/C(=O)N1CCc2ccccc21)CCc1ccccc1)C1CCCC1.O=C(O)C(F)(F)F. The van der Waals surface area contributed by atoms with Crippen molar-refractivity contribution < 1.29 is 32.7 Å². The minimum absolute atomic E-state index is 0.0472. The molecule has 2 atom stereocenters. The van der Waals surface area contributed by atoms with Crippen LogP contribution in [-0.2, 0) is 27.2 Å². The number of hydrogen-bond donors (Lipinski definition) is 3. The zero-order valence-electron chi connectivity index (χ0n) is 21.6. The molecule has 4 N–H and O–H groups in total.